The van der Waals surface area contributed by atoms with Crippen molar-refractivity contribution in [3.8, 4) is 0 Å². The molecule has 0 aliphatic carbocycles. The number of aromatic nitrogens is 2. The smallest absolute Gasteiger partial charge is 0.322 e. The Hall–Kier alpha value is -1.88. The van der Waals surface area contributed by atoms with Crippen LogP contribution in [-0.2, 0) is 6.54 Å². The fraction of sp³-hybridized carbons (Fsp3) is 0.429. The maximum Gasteiger partial charge on any atom is 0.322 e. The molecular weight excluding hydrogens is 240 g/mol. The Morgan fingerprint density at radius 1 is 1.26 bits per heavy atom. The first-order chi connectivity index (χ1) is 9.08. The standard InChI is InChI=1S/C14H20N4O/c1-10(2)15-9-13-16-17-14(19-13)18(4)12-8-6-5-7-11(12)3/h5-8,10,15H,9H2,1-4H3. The molecule has 0 amide bonds. The molecule has 1 heterocycles. The summed E-state index contributed by atoms with van der Waals surface area (Å²) in [5.41, 5.74) is 2.24. The lowest BCUT2D eigenvalue weighted by molar-refractivity contribution is 0.454. The molecule has 1 aromatic carbocycles. The Bertz CT molecular complexity index is 536. The molecule has 5 heteroatoms. The van der Waals surface area contributed by atoms with Crippen LogP contribution < -0.4 is 10.2 Å². The number of para-hydroxylation sites is 1. The van der Waals surface area contributed by atoms with Crippen LogP contribution >= 0.6 is 0 Å². The fourth-order valence-corrected chi connectivity index (χ4v) is 1.79. The molecule has 0 atom stereocenters. The SMILES string of the molecule is Cc1ccccc1N(C)c1nnc(CNC(C)C)o1. The van der Waals surface area contributed by atoms with E-state index in [2.05, 4.69) is 42.4 Å². The van der Waals surface area contributed by atoms with Gasteiger partial charge in [0, 0.05) is 18.8 Å². The van der Waals surface area contributed by atoms with Gasteiger partial charge < -0.3 is 9.73 Å². The summed E-state index contributed by atoms with van der Waals surface area (Å²) in [5, 5.41) is 11.4. The van der Waals surface area contributed by atoms with Gasteiger partial charge in [-0.05, 0) is 18.6 Å². The minimum atomic E-state index is 0.393. The minimum absolute atomic E-state index is 0.393. The van der Waals surface area contributed by atoms with Crippen LogP contribution in [0.2, 0.25) is 0 Å². The highest BCUT2D eigenvalue weighted by Crippen LogP contribution is 2.25. The molecule has 0 saturated heterocycles. The normalized spacial score (nSPS) is 11.0. The molecule has 2 rings (SSSR count). The molecule has 0 spiro atoms. The van der Waals surface area contributed by atoms with Crippen LogP contribution in [0, 0.1) is 6.92 Å². The lowest BCUT2D eigenvalue weighted by Crippen LogP contribution is -2.21. The zero-order chi connectivity index (χ0) is 13.8. The number of anilines is 2. The average Bonchev–Trinajstić information content (AvgIpc) is 2.85. The van der Waals surface area contributed by atoms with Crippen LogP contribution in [0.15, 0.2) is 28.7 Å². The van der Waals surface area contributed by atoms with Crippen molar-refractivity contribution in [2.75, 3.05) is 11.9 Å². The van der Waals surface area contributed by atoms with Crippen molar-refractivity contribution in [1.29, 1.82) is 0 Å². The zero-order valence-corrected chi connectivity index (χ0v) is 11.8. The molecule has 0 aliphatic rings. The molecule has 0 radical (unpaired) electrons. The first kappa shape index (κ1) is 13.5. The lowest BCUT2D eigenvalue weighted by atomic mass is 10.2. The van der Waals surface area contributed by atoms with E-state index in [-0.39, 0.29) is 0 Å². The molecule has 2 aromatic rings. The van der Waals surface area contributed by atoms with Gasteiger partial charge in [0.15, 0.2) is 0 Å². The second-order valence-corrected chi connectivity index (χ2v) is 4.86. The molecule has 0 unspecified atom stereocenters. The molecular formula is C14H20N4O. The average molecular weight is 260 g/mol. The number of benzene rings is 1. The van der Waals surface area contributed by atoms with E-state index in [4.69, 9.17) is 4.42 Å². The zero-order valence-electron chi connectivity index (χ0n) is 11.8. The van der Waals surface area contributed by atoms with Crippen molar-refractivity contribution in [1.82, 2.24) is 15.5 Å². The molecule has 19 heavy (non-hydrogen) atoms. The van der Waals surface area contributed by atoms with E-state index in [1.807, 2.05) is 30.1 Å². The van der Waals surface area contributed by atoms with Crippen LogP contribution in [-0.4, -0.2) is 23.3 Å². The van der Waals surface area contributed by atoms with E-state index in [9.17, 15) is 0 Å². The third-order valence-corrected chi connectivity index (χ3v) is 2.88. The third kappa shape index (κ3) is 3.32. The van der Waals surface area contributed by atoms with Gasteiger partial charge in [0.1, 0.15) is 0 Å². The van der Waals surface area contributed by atoms with Gasteiger partial charge in [0.25, 0.3) is 0 Å². The highest BCUT2D eigenvalue weighted by molar-refractivity contribution is 5.59. The van der Waals surface area contributed by atoms with E-state index in [0.29, 0.717) is 24.5 Å². The summed E-state index contributed by atoms with van der Waals surface area (Å²) in [6.45, 7) is 6.81. The van der Waals surface area contributed by atoms with Gasteiger partial charge >= 0.3 is 6.01 Å². The number of aryl methyl sites for hydroxylation is 1. The van der Waals surface area contributed by atoms with Crippen molar-refractivity contribution < 1.29 is 4.42 Å². The van der Waals surface area contributed by atoms with E-state index in [1.165, 1.54) is 5.56 Å². The first-order valence-corrected chi connectivity index (χ1v) is 6.43. The molecule has 102 valence electrons. The van der Waals surface area contributed by atoms with Crippen molar-refractivity contribution in [2.24, 2.45) is 0 Å². The van der Waals surface area contributed by atoms with Gasteiger partial charge in [0.05, 0.1) is 6.54 Å². The Morgan fingerprint density at radius 3 is 2.68 bits per heavy atom. The summed E-state index contributed by atoms with van der Waals surface area (Å²) in [6.07, 6.45) is 0. The number of nitrogens with one attached hydrogen (secondary N) is 1. The second-order valence-electron chi connectivity index (χ2n) is 4.86. The third-order valence-electron chi connectivity index (χ3n) is 2.88. The second kappa shape index (κ2) is 5.84. The van der Waals surface area contributed by atoms with E-state index < -0.39 is 0 Å². The van der Waals surface area contributed by atoms with Gasteiger partial charge in [-0.15, -0.1) is 5.10 Å². The van der Waals surface area contributed by atoms with Crippen molar-refractivity contribution in [3.63, 3.8) is 0 Å². The Balaban J connectivity index is 2.12. The number of hydrogen-bond donors (Lipinski definition) is 1. The molecule has 1 aromatic heterocycles. The van der Waals surface area contributed by atoms with E-state index in [0.717, 1.165) is 5.69 Å². The quantitative estimate of drug-likeness (QED) is 0.895. The molecule has 0 fully saturated rings. The highest BCUT2D eigenvalue weighted by Gasteiger charge is 2.13. The van der Waals surface area contributed by atoms with Gasteiger partial charge in [-0.2, -0.15) is 0 Å². The van der Waals surface area contributed by atoms with Crippen LogP contribution in [0.1, 0.15) is 25.3 Å². The summed E-state index contributed by atoms with van der Waals surface area (Å²) < 4.78 is 5.65. The Morgan fingerprint density at radius 2 is 2.00 bits per heavy atom. The van der Waals surface area contributed by atoms with Crippen molar-refractivity contribution >= 4 is 11.7 Å². The van der Waals surface area contributed by atoms with Crippen LogP contribution in [0.5, 0.6) is 0 Å². The predicted octanol–water partition coefficient (Wildman–Crippen LogP) is 2.64. The van der Waals surface area contributed by atoms with Gasteiger partial charge in [-0.1, -0.05) is 37.1 Å². The first-order valence-electron chi connectivity index (χ1n) is 6.43. The van der Waals surface area contributed by atoms with Crippen LogP contribution in [0.4, 0.5) is 11.7 Å². The number of hydrogen-bond acceptors (Lipinski definition) is 5. The van der Waals surface area contributed by atoms with E-state index >= 15 is 0 Å². The summed E-state index contributed by atoms with van der Waals surface area (Å²) >= 11 is 0. The summed E-state index contributed by atoms with van der Waals surface area (Å²) in [4.78, 5) is 1.90. The van der Waals surface area contributed by atoms with Crippen molar-refractivity contribution in [2.45, 2.75) is 33.4 Å². The topological polar surface area (TPSA) is 54.2 Å². The van der Waals surface area contributed by atoms with Gasteiger partial charge in [0.2, 0.25) is 5.89 Å². The predicted molar refractivity (Wildman–Crippen MR) is 75.5 cm³/mol. The van der Waals surface area contributed by atoms with Crippen LogP contribution in [0.3, 0.4) is 0 Å². The molecule has 0 saturated carbocycles. The minimum Gasteiger partial charge on any atom is -0.406 e. The van der Waals surface area contributed by atoms with Crippen molar-refractivity contribution in [3.05, 3.63) is 35.7 Å². The highest BCUT2D eigenvalue weighted by atomic mass is 16.4. The molecule has 5 nitrogen and oxygen atoms in total. The Labute approximate surface area is 113 Å². The van der Waals surface area contributed by atoms with Gasteiger partial charge in [-0.3, -0.25) is 4.90 Å². The Kier molecular flexibility index (Phi) is 4.16. The summed E-state index contributed by atoms with van der Waals surface area (Å²) in [7, 11) is 1.93. The summed E-state index contributed by atoms with van der Waals surface area (Å²) in [5.74, 6) is 0.601. The molecule has 1 N–H and O–H groups in total. The fourth-order valence-electron chi connectivity index (χ4n) is 1.79. The number of rotatable bonds is 5. The van der Waals surface area contributed by atoms with E-state index in [1.54, 1.807) is 0 Å². The number of nitrogens with zero attached hydrogens (tertiary/aromatic N) is 3. The molecule has 0 bridgehead atoms. The van der Waals surface area contributed by atoms with Crippen LogP contribution in [0.25, 0.3) is 0 Å². The summed E-state index contributed by atoms with van der Waals surface area (Å²) in [6, 6.07) is 9.00. The maximum absolute atomic E-state index is 5.65. The largest absolute Gasteiger partial charge is 0.406 e. The lowest BCUT2D eigenvalue weighted by Gasteiger charge is -2.16. The molecule has 0 aliphatic heterocycles. The maximum atomic E-state index is 5.65. The van der Waals surface area contributed by atoms with Gasteiger partial charge in [-0.25, -0.2) is 0 Å². The monoisotopic (exact) mass is 260 g/mol.